The quantitative estimate of drug-likeness (QED) is 0.0487. The predicted octanol–water partition coefficient (Wildman–Crippen LogP) is 20.8. The molecule has 386 valence electrons. The molecule has 1 amide bonds. The Morgan fingerprint density at radius 1 is 0.415 bits per heavy atom. The van der Waals surface area contributed by atoms with Crippen LogP contribution in [0, 0.1) is 11.8 Å². The van der Waals surface area contributed by atoms with Crippen molar-refractivity contribution in [2.45, 2.75) is 330 Å². The van der Waals surface area contributed by atoms with E-state index >= 15 is 0 Å². The monoisotopic (exact) mass is 911 g/mol. The van der Waals surface area contributed by atoms with Crippen molar-refractivity contribution in [2.75, 3.05) is 27.2 Å². The fraction of sp³-hybridized carbons (Fsp3) is 0.919. The lowest BCUT2D eigenvalue weighted by atomic mass is 9.91. The van der Waals surface area contributed by atoms with E-state index in [1.807, 2.05) is 0 Å². The highest BCUT2D eigenvalue weighted by Gasteiger charge is 2.16. The van der Waals surface area contributed by atoms with Crippen molar-refractivity contribution in [2.24, 2.45) is 11.8 Å². The summed E-state index contributed by atoms with van der Waals surface area (Å²) in [4.78, 5) is 15.2. The lowest BCUT2D eigenvalue weighted by Crippen LogP contribution is -2.31. The first-order valence-corrected chi connectivity index (χ1v) is 30.1. The second-order valence-corrected chi connectivity index (χ2v) is 21.8. The van der Waals surface area contributed by atoms with E-state index in [1.165, 1.54) is 276 Å². The van der Waals surface area contributed by atoms with Gasteiger partial charge in [-0.15, -0.1) is 0 Å². The predicted molar refractivity (Wildman–Crippen MR) is 295 cm³/mol. The summed E-state index contributed by atoms with van der Waals surface area (Å²) in [5.74, 6) is 0.780. The minimum atomic E-state index is 0.0758. The zero-order valence-electron chi connectivity index (χ0n) is 46.1. The van der Waals surface area contributed by atoms with Crippen LogP contribution in [0.1, 0.15) is 330 Å². The number of unbranched alkanes of at least 4 members (excludes halogenated alkanes) is 36. The van der Waals surface area contributed by atoms with Gasteiger partial charge in [0.25, 0.3) is 0 Å². The number of hydrogen-bond acceptors (Lipinski definition) is 2. The smallest absolute Gasteiger partial charge is 0.222 e. The molecule has 0 saturated heterocycles. The van der Waals surface area contributed by atoms with Crippen LogP contribution in [-0.2, 0) is 4.79 Å². The first-order chi connectivity index (χ1) is 31.8. The van der Waals surface area contributed by atoms with Crippen LogP contribution in [0.25, 0.3) is 0 Å². The third kappa shape index (κ3) is 49.2. The van der Waals surface area contributed by atoms with Crippen LogP contribution in [-0.4, -0.2) is 38.0 Å². The molecule has 2 atom stereocenters. The highest BCUT2D eigenvalue weighted by Crippen LogP contribution is 2.25. The topological polar surface area (TPSA) is 32.3 Å². The molecule has 0 aliphatic carbocycles. The first kappa shape index (κ1) is 63.9. The molecule has 0 aromatic rings. The van der Waals surface area contributed by atoms with Crippen molar-refractivity contribution >= 4 is 5.91 Å². The minimum Gasteiger partial charge on any atom is -0.356 e. The zero-order valence-corrected chi connectivity index (χ0v) is 46.1. The van der Waals surface area contributed by atoms with Gasteiger partial charge in [0.15, 0.2) is 0 Å². The number of allylic oxidation sites excluding steroid dienone is 4. The van der Waals surface area contributed by atoms with Gasteiger partial charge in [-0.2, -0.15) is 0 Å². The molecule has 0 aliphatic rings. The van der Waals surface area contributed by atoms with Crippen LogP contribution >= 0.6 is 0 Å². The van der Waals surface area contributed by atoms with E-state index in [2.05, 4.69) is 71.1 Å². The molecule has 0 aliphatic heterocycles. The van der Waals surface area contributed by atoms with Crippen LogP contribution in [0.15, 0.2) is 23.3 Å². The van der Waals surface area contributed by atoms with Crippen LogP contribution < -0.4 is 5.32 Å². The third-order valence-corrected chi connectivity index (χ3v) is 14.5. The van der Waals surface area contributed by atoms with Gasteiger partial charge in [-0.1, -0.05) is 270 Å². The summed E-state index contributed by atoms with van der Waals surface area (Å²) in [5, 5.41) is 3.23. The molecule has 0 spiro atoms. The summed E-state index contributed by atoms with van der Waals surface area (Å²) >= 11 is 0. The molecule has 0 saturated carbocycles. The SMILES string of the molecule is CCCCCCCCCCCCCCCCCC/C(=C\C(C)CC(C)C(=O)NCCCCN(C)C)CCCCCCC/C=C(/CCCCCCCCCC)CCCCCCCCCCC. The third-order valence-electron chi connectivity index (χ3n) is 14.5. The van der Waals surface area contributed by atoms with Gasteiger partial charge in [-0.25, -0.2) is 0 Å². The van der Waals surface area contributed by atoms with E-state index in [4.69, 9.17) is 0 Å². The van der Waals surface area contributed by atoms with Gasteiger partial charge in [0, 0.05) is 12.5 Å². The van der Waals surface area contributed by atoms with E-state index in [9.17, 15) is 4.79 Å². The highest BCUT2D eigenvalue weighted by molar-refractivity contribution is 5.78. The zero-order chi connectivity index (χ0) is 47.5. The Morgan fingerprint density at radius 3 is 1.09 bits per heavy atom. The van der Waals surface area contributed by atoms with E-state index in [1.54, 1.807) is 11.1 Å². The molecule has 1 N–H and O–H groups in total. The molecule has 0 rings (SSSR count). The molecule has 2 unspecified atom stereocenters. The molecule has 0 heterocycles. The summed E-state index contributed by atoms with van der Waals surface area (Å²) in [5.41, 5.74) is 3.48. The van der Waals surface area contributed by atoms with Gasteiger partial charge in [-0.05, 0) is 110 Å². The van der Waals surface area contributed by atoms with Crippen molar-refractivity contribution in [3.05, 3.63) is 23.3 Å². The van der Waals surface area contributed by atoms with Gasteiger partial charge in [-0.3, -0.25) is 4.79 Å². The van der Waals surface area contributed by atoms with Crippen LogP contribution in [0.5, 0.6) is 0 Å². The Bertz CT molecular complexity index is 1010. The molecular formula is C62H122N2O. The molecule has 0 fully saturated rings. The van der Waals surface area contributed by atoms with E-state index in [0.717, 1.165) is 32.4 Å². The van der Waals surface area contributed by atoms with Crippen molar-refractivity contribution in [3.8, 4) is 0 Å². The second kappa shape index (κ2) is 52.3. The van der Waals surface area contributed by atoms with Gasteiger partial charge in [0.2, 0.25) is 5.91 Å². The standard InChI is InChI=1S/C62H122N2O/c1-8-11-14-17-20-23-24-25-26-27-28-29-31-34-40-45-52-61(57-58(4)56-59(5)62(65)63-54-47-48-55-64(6)7)53-46-41-36-35-39-44-51-60(49-42-37-32-22-19-16-13-10-3)50-43-38-33-30-21-18-15-12-9-2/h51,57-59H,8-50,52-56H2,1-7H3,(H,63,65)/b60-51-,61-57+. The first-order valence-electron chi connectivity index (χ1n) is 30.1. The maximum absolute atomic E-state index is 12.9. The number of nitrogens with zero attached hydrogens (tertiary/aromatic N) is 1. The molecule has 3 nitrogen and oxygen atoms in total. The molecule has 0 aromatic carbocycles. The van der Waals surface area contributed by atoms with Crippen LogP contribution in [0.4, 0.5) is 0 Å². The van der Waals surface area contributed by atoms with Crippen molar-refractivity contribution in [3.63, 3.8) is 0 Å². The fourth-order valence-corrected chi connectivity index (χ4v) is 10.1. The Labute approximate surface area is 411 Å². The van der Waals surface area contributed by atoms with Crippen molar-refractivity contribution < 1.29 is 4.79 Å². The Balaban J connectivity index is 4.80. The van der Waals surface area contributed by atoms with E-state index in [0.29, 0.717) is 5.92 Å². The van der Waals surface area contributed by atoms with Crippen LogP contribution in [0.3, 0.4) is 0 Å². The lowest BCUT2D eigenvalue weighted by molar-refractivity contribution is -0.124. The molecular weight excluding hydrogens is 789 g/mol. The Morgan fingerprint density at radius 2 is 0.738 bits per heavy atom. The molecule has 3 heteroatoms. The average Bonchev–Trinajstić information content (AvgIpc) is 3.29. The van der Waals surface area contributed by atoms with Gasteiger partial charge >= 0.3 is 0 Å². The fourth-order valence-electron chi connectivity index (χ4n) is 10.1. The van der Waals surface area contributed by atoms with Crippen LogP contribution in [0.2, 0.25) is 0 Å². The van der Waals surface area contributed by atoms with Crippen molar-refractivity contribution in [1.29, 1.82) is 0 Å². The molecule has 0 aromatic heterocycles. The number of amides is 1. The number of hydrogen-bond donors (Lipinski definition) is 1. The largest absolute Gasteiger partial charge is 0.356 e. The van der Waals surface area contributed by atoms with E-state index < -0.39 is 0 Å². The van der Waals surface area contributed by atoms with Gasteiger partial charge < -0.3 is 10.2 Å². The number of carbonyl (C=O) groups is 1. The van der Waals surface area contributed by atoms with Gasteiger partial charge in [0.1, 0.15) is 0 Å². The minimum absolute atomic E-state index is 0.0758. The Kier molecular flexibility index (Phi) is 51.4. The summed E-state index contributed by atoms with van der Waals surface area (Å²) < 4.78 is 0. The Hall–Kier alpha value is -1.09. The second-order valence-electron chi connectivity index (χ2n) is 21.8. The number of nitrogens with one attached hydrogen (secondary N) is 1. The van der Waals surface area contributed by atoms with Crippen molar-refractivity contribution in [1.82, 2.24) is 10.2 Å². The lowest BCUT2D eigenvalue weighted by Gasteiger charge is -2.17. The maximum Gasteiger partial charge on any atom is 0.222 e. The summed E-state index contributed by atoms with van der Waals surface area (Å²) in [6, 6.07) is 0. The highest BCUT2D eigenvalue weighted by atomic mass is 16.1. The van der Waals surface area contributed by atoms with E-state index in [-0.39, 0.29) is 11.8 Å². The van der Waals surface area contributed by atoms with Gasteiger partial charge in [0.05, 0.1) is 0 Å². The number of carbonyl (C=O) groups excluding carboxylic acids is 1. The number of rotatable bonds is 53. The molecule has 0 radical (unpaired) electrons. The normalized spacial score (nSPS) is 13.3. The molecule has 0 bridgehead atoms. The molecule has 65 heavy (non-hydrogen) atoms. The maximum atomic E-state index is 12.9. The summed E-state index contributed by atoms with van der Waals surface area (Å²) in [6.07, 6.45) is 68.9. The summed E-state index contributed by atoms with van der Waals surface area (Å²) in [7, 11) is 4.24. The summed E-state index contributed by atoms with van der Waals surface area (Å²) in [6.45, 7) is 13.4. The average molecular weight is 912 g/mol.